The number of hydrogen-bond donors (Lipinski definition) is 0. The molecule has 0 saturated heterocycles. The lowest BCUT2D eigenvalue weighted by molar-refractivity contribution is -0.116. The van der Waals surface area contributed by atoms with E-state index in [0.717, 1.165) is 0 Å². The number of ether oxygens (including phenoxy) is 1. The van der Waals surface area contributed by atoms with Gasteiger partial charge in [0.25, 0.3) is 5.91 Å². The Morgan fingerprint density at radius 1 is 1.15 bits per heavy atom. The summed E-state index contributed by atoms with van der Waals surface area (Å²) in [6.45, 7) is 3.95. The van der Waals surface area contributed by atoms with Crippen LogP contribution in [0, 0.1) is 5.82 Å². The van der Waals surface area contributed by atoms with Gasteiger partial charge in [0.05, 0.1) is 40.3 Å². The van der Waals surface area contributed by atoms with Gasteiger partial charge in [-0.25, -0.2) is 9.37 Å². The second kappa shape index (κ2) is 10.1. The molecule has 3 heterocycles. The molecule has 0 saturated carbocycles. The van der Waals surface area contributed by atoms with Crippen molar-refractivity contribution in [3.05, 3.63) is 81.0 Å². The van der Waals surface area contributed by atoms with E-state index in [0.29, 0.717) is 44.9 Å². The molecule has 1 aromatic carbocycles. The monoisotopic (exact) mass is 569 g/mol. The first kappa shape index (κ1) is 26.9. The Morgan fingerprint density at radius 2 is 1.90 bits per heavy atom. The molecule has 1 atom stereocenters. The fourth-order valence-electron chi connectivity index (χ4n) is 5.03. The van der Waals surface area contributed by atoms with Crippen LogP contribution in [0.5, 0.6) is 5.88 Å². The second-order valence-corrected chi connectivity index (χ2v) is 10.6. The first-order valence-corrected chi connectivity index (χ1v) is 13.0. The van der Waals surface area contributed by atoms with E-state index in [1.165, 1.54) is 30.2 Å². The summed E-state index contributed by atoms with van der Waals surface area (Å²) in [7, 11) is 5.17. The van der Waals surface area contributed by atoms with E-state index in [1.807, 2.05) is 32.5 Å². The molecule has 0 N–H and O–H groups in total. The van der Waals surface area contributed by atoms with E-state index in [-0.39, 0.29) is 29.0 Å². The SMILES string of the molecule is COc1nc(N(C)C)ncc1-c1cc2c(n1C(C)C)[C@@H](c1ccc(Cl)c(F)c1)N(C1=CC(Cl)=CCC1=O)C2=O. The fraction of sp³-hybridized carbons (Fsp3) is 0.286. The molecule has 0 unspecified atom stereocenters. The maximum absolute atomic E-state index is 14.8. The van der Waals surface area contributed by atoms with Crippen LogP contribution in [0.2, 0.25) is 5.02 Å². The van der Waals surface area contributed by atoms with Crippen LogP contribution in [-0.4, -0.2) is 52.3 Å². The summed E-state index contributed by atoms with van der Waals surface area (Å²) in [5.74, 6) is -0.485. The van der Waals surface area contributed by atoms with Crippen LogP contribution in [0.3, 0.4) is 0 Å². The molecule has 0 spiro atoms. The summed E-state index contributed by atoms with van der Waals surface area (Å²) >= 11 is 12.3. The highest BCUT2D eigenvalue weighted by Gasteiger charge is 2.46. The first-order valence-electron chi connectivity index (χ1n) is 12.3. The maximum Gasteiger partial charge on any atom is 0.261 e. The van der Waals surface area contributed by atoms with Gasteiger partial charge >= 0.3 is 0 Å². The third-order valence-electron chi connectivity index (χ3n) is 6.73. The average molecular weight is 570 g/mol. The van der Waals surface area contributed by atoms with Crippen molar-refractivity contribution in [2.45, 2.75) is 32.4 Å². The summed E-state index contributed by atoms with van der Waals surface area (Å²) in [5.41, 5.74) is 2.83. The van der Waals surface area contributed by atoms with Crippen molar-refractivity contribution in [2.75, 3.05) is 26.1 Å². The molecule has 39 heavy (non-hydrogen) atoms. The maximum atomic E-state index is 14.8. The van der Waals surface area contributed by atoms with Crippen molar-refractivity contribution in [1.29, 1.82) is 0 Å². The molecule has 0 fully saturated rings. The van der Waals surface area contributed by atoms with E-state index < -0.39 is 17.8 Å². The highest BCUT2D eigenvalue weighted by molar-refractivity contribution is 6.32. The molecule has 1 amide bonds. The number of halogens is 3. The predicted molar refractivity (Wildman–Crippen MR) is 148 cm³/mol. The normalized spacial score (nSPS) is 16.9. The van der Waals surface area contributed by atoms with Crippen LogP contribution in [0.4, 0.5) is 10.3 Å². The lowest BCUT2D eigenvalue weighted by atomic mass is 10.0. The molecule has 5 rings (SSSR count). The number of Topliss-reactive ketones (excluding diaryl/α,β-unsaturated/α-hetero) is 1. The van der Waals surface area contributed by atoms with E-state index in [2.05, 4.69) is 9.97 Å². The smallest absolute Gasteiger partial charge is 0.261 e. The highest BCUT2D eigenvalue weighted by Crippen LogP contribution is 2.47. The number of methoxy groups -OCH3 is 1. The van der Waals surface area contributed by atoms with Crippen LogP contribution in [0.15, 0.2) is 53.3 Å². The molecule has 0 radical (unpaired) electrons. The van der Waals surface area contributed by atoms with E-state index in [1.54, 1.807) is 29.3 Å². The van der Waals surface area contributed by atoms with Gasteiger partial charge in [0.15, 0.2) is 5.78 Å². The Balaban J connectivity index is 1.78. The lowest BCUT2D eigenvalue weighted by Gasteiger charge is -2.31. The minimum atomic E-state index is -0.818. The van der Waals surface area contributed by atoms with Gasteiger partial charge in [0.1, 0.15) is 11.9 Å². The van der Waals surface area contributed by atoms with Crippen LogP contribution in [0.1, 0.15) is 54.0 Å². The van der Waals surface area contributed by atoms with E-state index >= 15 is 0 Å². The van der Waals surface area contributed by atoms with Gasteiger partial charge in [-0.15, -0.1) is 0 Å². The van der Waals surface area contributed by atoms with Gasteiger partial charge in [-0.2, -0.15) is 4.98 Å². The number of carbonyl (C=O) groups is 2. The Morgan fingerprint density at radius 3 is 2.54 bits per heavy atom. The topological polar surface area (TPSA) is 80.6 Å². The minimum absolute atomic E-state index is 0.0448. The lowest BCUT2D eigenvalue weighted by Crippen LogP contribution is -2.33. The predicted octanol–water partition coefficient (Wildman–Crippen LogP) is 5.92. The molecule has 202 valence electrons. The van der Waals surface area contributed by atoms with Crippen LogP contribution in [-0.2, 0) is 4.79 Å². The average Bonchev–Trinajstić information content (AvgIpc) is 3.41. The second-order valence-electron chi connectivity index (χ2n) is 9.78. The van der Waals surface area contributed by atoms with Crippen molar-refractivity contribution < 1.29 is 18.7 Å². The van der Waals surface area contributed by atoms with Gasteiger partial charge in [-0.3, -0.25) is 14.5 Å². The number of rotatable bonds is 6. The van der Waals surface area contributed by atoms with Crippen molar-refractivity contribution in [2.24, 2.45) is 0 Å². The number of benzene rings is 1. The molecule has 11 heteroatoms. The molecule has 1 aliphatic carbocycles. The van der Waals surface area contributed by atoms with Gasteiger partial charge in [-0.1, -0.05) is 35.3 Å². The van der Waals surface area contributed by atoms with E-state index in [4.69, 9.17) is 27.9 Å². The Kier molecular flexibility index (Phi) is 6.99. The molecular formula is C28H26Cl2FN5O3. The zero-order chi connectivity index (χ0) is 28.2. The Bertz CT molecular complexity index is 1580. The number of nitrogens with zero attached hydrogens (tertiary/aromatic N) is 5. The van der Waals surface area contributed by atoms with Gasteiger partial charge in [-0.05, 0) is 43.7 Å². The first-order chi connectivity index (χ1) is 18.5. The third kappa shape index (κ3) is 4.49. The number of allylic oxidation sites excluding steroid dienone is 4. The van der Waals surface area contributed by atoms with Gasteiger partial charge in [0.2, 0.25) is 11.8 Å². The number of aromatic nitrogens is 3. The molecule has 8 nitrogen and oxygen atoms in total. The van der Waals surface area contributed by atoms with Gasteiger partial charge < -0.3 is 14.2 Å². The quantitative estimate of drug-likeness (QED) is 0.366. The molecule has 2 aliphatic rings. The molecule has 0 bridgehead atoms. The Hall–Kier alpha value is -3.69. The third-order valence-corrected chi connectivity index (χ3v) is 7.30. The zero-order valence-electron chi connectivity index (χ0n) is 22.0. The molecule has 1 aliphatic heterocycles. The zero-order valence-corrected chi connectivity index (χ0v) is 23.5. The Labute approximate surface area is 235 Å². The minimum Gasteiger partial charge on any atom is -0.480 e. The van der Waals surface area contributed by atoms with Crippen molar-refractivity contribution in [1.82, 2.24) is 19.4 Å². The van der Waals surface area contributed by atoms with E-state index in [9.17, 15) is 14.0 Å². The molecule has 2 aromatic heterocycles. The summed E-state index contributed by atoms with van der Waals surface area (Å²) in [6.07, 6.45) is 4.78. The summed E-state index contributed by atoms with van der Waals surface area (Å²) in [4.78, 5) is 39.2. The molecule has 3 aromatic rings. The highest BCUT2D eigenvalue weighted by atomic mass is 35.5. The van der Waals surface area contributed by atoms with Crippen LogP contribution < -0.4 is 9.64 Å². The summed E-state index contributed by atoms with van der Waals surface area (Å²) in [5, 5.41) is 0.307. The summed E-state index contributed by atoms with van der Waals surface area (Å²) in [6, 6.07) is 5.18. The number of carbonyl (C=O) groups excluding carboxylic acids is 2. The van der Waals surface area contributed by atoms with Crippen molar-refractivity contribution >= 4 is 40.8 Å². The molecular weight excluding hydrogens is 544 g/mol. The number of fused-ring (bicyclic) bond motifs is 1. The van der Waals surface area contributed by atoms with Crippen molar-refractivity contribution in [3.63, 3.8) is 0 Å². The number of anilines is 1. The number of amides is 1. The van der Waals surface area contributed by atoms with Crippen molar-refractivity contribution in [3.8, 4) is 17.1 Å². The van der Waals surface area contributed by atoms with Gasteiger partial charge in [0, 0.05) is 37.8 Å². The number of hydrogen-bond acceptors (Lipinski definition) is 6. The fourth-order valence-corrected chi connectivity index (χ4v) is 5.33. The standard InChI is InChI=1S/C28H26Cl2FN5O3/c1-14(2)35-21(18-13-32-28(34(3)4)33-26(18)39-5)12-17-25(35)24(15-6-8-19(30)20(31)10-15)36(27(17)38)22-11-16(29)7-9-23(22)37/h6-8,10-14,24H,9H2,1-5H3/t24-/m1/s1. The largest absolute Gasteiger partial charge is 0.480 e. The number of ketones is 1. The summed E-state index contributed by atoms with van der Waals surface area (Å²) < 4.78 is 22.3. The van der Waals surface area contributed by atoms with Crippen LogP contribution in [0.25, 0.3) is 11.3 Å². The van der Waals surface area contributed by atoms with Crippen LogP contribution >= 0.6 is 23.2 Å².